The maximum Gasteiger partial charge on any atom is 0.252 e. The van der Waals surface area contributed by atoms with Gasteiger partial charge in [0.05, 0.1) is 11.3 Å². The number of rotatable bonds is 8. The number of benzene rings is 1. The normalized spacial score (nSPS) is 9.57. The predicted octanol–water partition coefficient (Wildman–Crippen LogP) is 7.47. The smallest absolute Gasteiger partial charge is 0.252 e. The van der Waals surface area contributed by atoms with Crippen LogP contribution in [0.15, 0.2) is 42.0 Å². The molecule has 203 valence electrons. The minimum atomic E-state index is -0.0156. The Morgan fingerprint density at radius 2 is 1.81 bits per heavy atom. The summed E-state index contributed by atoms with van der Waals surface area (Å²) < 4.78 is 1.85. The van der Waals surface area contributed by atoms with E-state index in [4.69, 9.17) is 0 Å². The Labute approximate surface area is 229 Å². The lowest BCUT2D eigenvalue weighted by molar-refractivity contribution is -0.105. The third-order valence-electron chi connectivity index (χ3n) is 4.46. The molecular formula is C29H46BN4O2S. The van der Waals surface area contributed by atoms with Crippen LogP contribution >= 0.6 is 11.3 Å². The highest BCUT2D eigenvalue weighted by Crippen LogP contribution is 2.26. The van der Waals surface area contributed by atoms with Gasteiger partial charge in [0.25, 0.3) is 5.91 Å². The minimum Gasteiger partial charge on any atom is -0.402 e. The molecule has 37 heavy (non-hydrogen) atoms. The first kappa shape index (κ1) is 34.1. The van der Waals surface area contributed by atoms with Gasteiger partial charge in [-0.1, -0.05) is 73.3 Å². The molecule has 1 aromatic carbocycles. The molecule has 3 rings (SSSR count). The number of hydrogen-bond donors (Lipinski definition) is 2. The second-order valence-electron chi connectivity index (χ2n) is 9.10. The highest BCUT2D eigenvalue weighted by Gasteiger charge is 2.06. The summed E-state index contributed by atoms with van der Waals surface area (Å²) in [4.78, 5) is 25.9. The van der Waals surface area contributed by atoms with Gasteiger partial charge < -0.3 is 15.1 Å². The number of thiazole rings is 1. The summed E-state index contributed by atoms with van der Waals surface area (Å²) in [6.45, 7) is 19.6. The number of carbonyl (C=O) groups is 2. The highest BCUT2D eigenvalue weighted by molar-refractivity contribution is 7.14. The average Bonchev–Trinajstić information content (AvgIpc) is 3.52. The van der Waals surface area contributed by atoms with E-state index < -0.39 is 0 Å². The molecule has 2 heterocycles. The summed E-state index contributed by atoms with van der Waals surface area (Å²) in [6.07, 6.45) is 7.82. The molecule has 0 fully saturated rings. The molecule has 0 saturated carbocycles. The van der Waals surface area contributed by atoms with Gasteiger partial charge in [-0.3, -0.25) is 9.59 Å². The highest BCUT2D eigenvalue weighted by atomic mass is 32.1. The lowest BCUT2D eigenvalue weighted by Crippen LogP contribution is -2.22. The van der Waals surface area contributed by atoms with Crippen LogP contribution < -0.4 is 10.6 Å². The van der Waals surface area contributed by atoms with E-state index in [0.29, 0.717) is 23.6 Å². The van der Waals surface area contributed by atoms with Crippen LogP contribution in [0.5, 0.6) is 0 Å². The van der Waals surface area contributed by atoms with E-state index in [2.05, 4.69) is 82.3 Å². The van der Waals surface area contributed by atoms with E-state index in [9.17, 15) is 9.59 Å². The first-order valence-corrected chi connectivity index (χ1v) is 14.1. The van der Waals surface area contributed by atoms with Crippen molar-refractivity contribution < 1.29 is 9.59 Å². The van der Waals surface area contributed by atoms with Gasteiger partial charge in [0.2, 0.25) is 13.8 Å². The lowest BCUT2D eigenvalue weighted by atomic mass is 10.0. The number of amides is 2. The van der Waals surface area contributed by atoms with Crippen LogP contribution in [0.1, 0.15) is 82.8 Å². The van der Waals surface area contributed by atoms with Crippen LogP contribution in [0.3, 0.4) is 0 Å². The van der Waals surface area contributed by atoms with Crippen molar-refractivity contribution in [2.45, 2.75) is 81.5 Å². The number of aryl methyl sites for hydroxylation is 2. The number of nitrogens with one attached hydrogen (secondary N) is 2. The molecule has 0 atom stereocenters. The Morgan fingerprint density at radius 3 is 2.30 bits per heavy atom. The SMILES string of the molecule is CC(C)C.CCC.CCCc1ccc(-c2csc(NC=O)n2)cc1C.C[B]n1ccc(C(=O)NCC)c1. The zero-order chi connectivity index (χ0) is 28.2. The van der Waals surface area contributed by atoms with Crippen molar-refractivity contribution in [1.29, 1.82) is 0 Å². The summed E-state index contributed by atoms with van der Waals surface area (Å²) in [7, 11) is 1.89. The molecule has 1 radical (unpaired) electrons. The van der Waals surface area contributed by atoms with Crippen LogP contribution in [-0.2, 0) is 11.2 Å². The Kier molecular flexibility index (Phi) is 18.7. The summed E-state index contributed by atoms with van der Waals surface area (Å²) in [5.74, 6) is 0.818. The van der Waals surface area contributed by atoms with Crippen molar-refractivity contribution in [3.05, 3.63) is 58.7 Å². The number of aromatic nitrogens is 2. The second kappa shape index (κ2) is 20.2. The van der Waals surface area contributed by atoms with Gasteiger partial charge >= 0.3 is 0 Å². The van der Waals surface area contributed by atoms with Gasteiger partial charge in [-0.15, -0.1) is 11.3 Å². The van der Waals surface area contributed by atoms with E-state index in [0.717, 1.165) is 30.0 Å². The maximum atomic E-state index is 11.2. The number of carbonyl (C=O) groups excluding carboxylic acids is 2. The third kappa shape index (κ3) is 14.5. The molecule has 0 bridgehead atoms. The molecule has 0 aliphatic heterocycles. The summed E-state index contributed by atoms with van der Waals surface area (Å²) in [6, 6.07) is 8.22. The monoisotopic (exact) mass is 525 g/mol. The van der Waals surface area contributed by atoms with Crippen LogP contribution in [0.4, 0.5) is 5.13 Å². The molecule has 2 N–H and O–H groups in total. The topological polar surface area (TPSA) is 76.0 Å². The number of nitrogens with zero attached hydrogens (tertiary/aromatic N) is 2. The minimum absolute atomic E-state index is 0.0156. The molecule has 8 heteroatoms. The zero-order valence-electron chi connectivity index (χ0n) is 24.2. The Hall–Kier alpha value is -2.87. The molecular weight excluding hydrogens is 479 g/mol. The van der Waals surface area contributed by atoms with Gasteiger partial charge in [-0.05, 0) is 55.6 Å². The average molecular weight is 526 g/mol. The molecule has 0 spiro atoms. The van der Waals surface area contributed by atoms with Crippen molar-refractivity contribution in [3.8, 4) is 11.3 Å². The Morgan fingerprint density at radius 1 is 1.16 bits per heavy atom. The first-order chi connectivity index (χ1) is 17.7. The maximum absolute atomic E-state index is 11.2. The molecule has 0 aliphatic rings. The van der Waals surface area contributed by atoms with Crippen molar-refractivity contribution >= 4 is 36.2 Å². The fraction of sp³-hybridized carbons (Fsp3) is 0.483. The largest absolute Gasteiger partial charge is 0.402 e. The van der Waals surface area contributed by atoms with Gasteiger partial charge in [0.1, 0.15) is 0 Å². The fourth-order valence-corrected chi connectivity index (χ4v) is 3.58. The van der Waals surface area contributed by atoms with Gasteiger partial charge in [0, 0.05) is 23.7 Å². The van der Waals surface area contributed by atoms with E-state index >= 15 is 0 Å². The van der Waals surface area contributed by atoms with E-state index in [1.165, 1.54) is 28.9 Å². The molecule has 3 aromatic rings. The van der Waals surface area contributed by atoms with Crippen molar-refractivity contribution in [3.63, 3.8) is 0 Å². The van der Waals surface area contributed by atoms with E-state index in [-0.39, 0.29) is 5.91 Å². The van der Waals surface area contributed by atoms with Crippen molar-refractivity contribution in [2.75, 3.05) is 11.9 Å². The Balaban J connectivity index is 0.000000587. The lowest BCUT2D eigenvalue weighted by Gasteiger charge is -2.06. The van der Waals surface area contributed by atoms with Crippen LogP contribution in [-0.4, -0.2) is 35.7 Å². The molecule has 6 nitrogen and oxygen atoms in total. The van der Waals surface area contributed by atoms with Gasteiger partial charge in [-0.2, -0.15) is 0 Å². The summed E-state index contributed by atoms with van der Waals surface area (Å²) in [5.41, 5.74) is 5.41. The molecule has 0 unspecified atom stereocenters. The van der Waals surface area contributed by atoms with Gasteiger partial charge in [0.15, 0.2) is 5.13 Å². The van der Waals surface area contributed by atoms with E-state index in [1.807, 2.05) is 37.2 Å². The number of anilines is 1. The fourth-order valence-electron chi connectivity index (χ4n) is 2.90. The quantitative estimate of drug-likeness (QED) is 0.237. The van der Waals surface area contributed by atoms with Crippen LogP contribution in [0.2, 0.25) is 6.82 Å². The van der Waals surface area contributed by atoms with E-state index in [1.54, 1.807) is 12.3 Å². The number of hydrogen-bond acceptors (Lipinski definition) is 4. The molecule has 0 saturated heterocycles. The standard InChI is InChI=1S/C14H16N2OS.C8H12BN2O.C4H10.C3H8/c1-3-4-11-5-6-12(7-10(11)2)13-8-18-14(16-13)15-9-17;1-3-10-8(12)7-4-5-11(6-7)9-2;1-4(2)3;1-3-2/h5-9H,3-4H2,1-2H3,(H,15,16,17);4-6H,3H2,1-2H3,(H,10,12);4H,1-3H3;3H2,1-2H3. The van der Waals surface area contributed by atoms with Crippen molar-refractivity contribution in [1.82, 2.24) is 14.8 Å². The summed E-state index contributed by atoms with van der Waals surface area (Å²) >= 11 is 1.44. The molecule has 2 amide bonds. The zero-order valence-corrected chi connectivity index (χ0v) is 25.0. The Bertz CT molecular complexity index is 1030. The first-order valence-electron chi connectivity index (χ1n) is 13.2. The second-order valence-corrected chi connectivity index (χ2v) is 9.95. The van der Waals surface area contributed by atoms with Gasteiger partial charge in [-0.25, -0.2) is 4.98 Å². The molecule has 2 aromatic heterocycles. The van der Waals surface area contributed by atoms with Crippen LogP contribution in [0.25, 0.3) is 11.3 Å². The van der Waals surface area contributed by atoms with Crippen molar-refractivity contribution in [2.24, 2.45) is 5.92 Å². The molecule has 0 aliphatic carbocycles. The summed E-state index contributed by atoms with van der Waals surface area (Å²) in [5, 5.41) is 7.90. The predicted molar refractivity (Wildman–Crippen MR) is 162 cm³/mol. The van der Waals surface area contributed by atoms with Crippen LogP contribution in [0, 0.1) is 12.8 Å². The third-order valence-corrected chi connectivity index (χ3v) is 5.23.